The van der Waals surface area contributed by atoms with E-state index in [4.69, 9.17) is 9.47 Å². The third-order valence-corrected chi connectivity index (χ3v) is 6.12. The molecule has 1 aromatic heterocycles. The van der Waals surface area contributed by atoms with Crippen LogP contribution in [0, 0.1) is 0 Å². The van der Waals surface area contributed by atoms with Crippen LogP contribution in [-0.4, -0.2) is 49.1 Å². The van der Waals surface area contributed by atoms with Gasteiger partial charge >= 0.3 is 0 Å². The molecule has 1 amide bonds. The number of benzene rings is 2. The van der Waals surface area contributed by atoms with E-state index >= 15 is 0 Å². The van der Waals surface area contributed by atoms with Crippen LogP contribution in [0.3, 0.4) is 0 Å². The fraction of sp³-hybridized carbons (Fsp3) is 0.304. The molecule has 1 fully saturated rings. The van der Waals surface area contributed by atoms with Gasteiger partial charge in [-0.2, -0.15) is 0 Å². The number of carbonyl (C=O) groups excluding carboxylic acids is 1. The van der Waals surface area contributed by atoms with Gasteiger partial charge in [0.2, 0.25) is 0 Å². The molecule has 1 aliphatic rings. The van der Waals surface area contributed by atoms with E-state index in [1.165, 1.54) is 16.9 Å². The van der Waals surface area contributed by atoms with Gasteiger partial charge in [-0.05, 0) is 30.2 Å². The van der Waals surface area contributed by atoms with Crippen molar-refractivity contribution in [1.29, 1.82) is 0 Å². The Morgan fingerprint density at radius 2 is 1.97 bits per heavy atom. The molecule has 0 saturated carbocycles. The predicted molar refractivity (Wildman–Crippen MR) is 118 cm³/mol. The summed E-state index contributed by atoms with van der Waals surface area (Å²) in [5.41, 5.74) is 2.64. The molecule has 1 saturated heterocycles. The first-order valence-electron chi connectivity index (χ1n) is 9.91. The van der Waals surface area contributed by atoms with E-state index < -0.39 is 0 Å². The van der Waals surface area contributed by atoms with Crippen LogP contribution >= 0.6 is 11.3 Å². The van der Waals surface area contributed by atoms with Gasteiger partial charge in [0.15, 0.2) is 11.5 Å². The Labute approximate surface area is 180 Å². The lowest BCUT2D eigenvalue weighted by Gasteiger charge is -2.16. The van der Waals surface area contributed by atoms with Gasteiger partial charge in [-0.3, -0.25) is 9.69 Å². The second-order valence-electron chi connectivity index (χ2n) is 7.29. The minimum Gasteiger partial charge on any atom is -0.493 e. The number of hydrogen-bond acceptors (Lipinski definition) is 6. The summed E-state index contributed by atoms with van der Waals surface area (Å²) in [6, 6.07) is 16.2. The summed E-state index contributed by atoms with van der Waals surface area (Å²) in [7, 11) is 3.21. The van der Waals surface area contributed by atoms with Crippen molar-refractivity contribution in [2.45, 2.75) is 19.0 Å². The van der Waals surface area contributed by atoms with Crippen LogP contribution in [0.1, 0.15) is 22.5 Å². The topological polar surface area (TPSA) is 63.7 Å². The summed E-state index contributed by atoms with van der Waals surface area (Å²) in [5, 5.41) is 5.72. The summed E-state index contributed by atoms with van der Waals surface area (Å²) in [5.74, 6) is 1.18. The van der Waals surface area contributed by atoms with E-state index in [1.807, 2.05) is 24.3 Å². The van der Waals surface area contributed by atoms with Crippen molar-refractivity contribution in [3.05, 3.63) is 65.2 Å². The molecule has 0 bridgehead atoms. The van der Waals surface area contributed by atoms with Crippen molar-refractivity contribution in [2.24, 2.45) is 0 Å². The Bertz CT molecular complexity index is 1010. The highest BCUT2D eigenvalue weighted by Crippen LogP contribution is 2.33. The van der Waals surface area contributed by atoms with Crippen LogP contribution < -0.4 is 14.8 Å². The largest absolute Gasteiger partial charge is 0.493 e. The zero-order chi connectivity index (χ0) is 20.9. The van der Waals surface area contributed by atoms with Crippen molar-refractivity contribution < 1.29 is 14.3 Å². The lowest BCUT2D eigenvalue weighted by molar-refractivity contribution is 0.0933. The first-order chi connectivity index (χ1) is 14.7. The number of methoxy groups -OCH3 is 2. The van der Waals surface area contributed by atoms with Gasteiger partial charge in [0.1, 0.15) is 10.7 Å². The number of rotatable bonds is 7. The lowest BCUT2D eigenvalue weighted by Crippen LogP contribution is -2.37. The maximum atomic E-state index is 12.7. The zero-order valence-corrected chi connectivity index (χ0v) is 17.9. The van der Waals surface area contributed by atoms with E-state index in [2.05, 4.69) is 39.5 Å². The summed E-state index contributed by atoms with van der Waals surface area (Å²) in [6.07, 6.45) is 0.950. The maximum absolute atomic E-state index is 12.7. The van der Waals surface area contributed by atoms with Crippen molar-refractivity contribution in [3.63, 3.8) is 0 Å². The second kappa shape index (κ2) is 9.28. The molecule has 0 spiro atoms. The van der Waals surface area contributed by atoms with Gasteiger partial charge in [0.05, 0.1) is 14.2 Å². The van der Waals surface area contributed by atoms with Gasteiger partial charge in [0.25, 0.3) is 5.91 Å². The van der Waals surface area contributed by atoms with Crippen molar-refractivity contribution in [3.8, 4) is 22.1 Å². The second-order valence-corrected chi connectivity index (χ2v) is 8.15. The third-order valence-electron chi connectivity index (χ3n) is 5.22. The predicted octanol–water partition coefficient (Wildman–Crippen LogP) is 3.83. The molecule has 2 aromatic carbocycles. The molecule has 7 heteroatoms. The highest BCUT2D eigenvalue weighted by molar-refractivity contribution is 7.13. The van der Waals surface area contributed by atoms with Gasteiger partial charge in [0, 0.05) is 36.6 Å². The summed E-state index contributed by atoms with van der Waals surface area (Å²) < 4.78 is 10.6. The minimum absolute atomic E-state index is 0.121. The van der Waals surface area contributed by atoms with Crippen molar-refractivity contribution in [2.75, 3.05) is 27.3 Å². The summed E-state index contributed by atoms with van der Waals surface area (Å²) in [6.45, 7) is 2.74. The Kier molecular flexibility index (Phi) is 6.30. The monoisotopic (exact) mass is 423 g/mol. The van der Waals surface area contributed by atoms with Crippen LogP contribution in [0.25, 0.3) is 10.6 Å². The van der Waals surface area contributed by atoms with Crippen molar-refractivity contribution >= 4 is 17.2 Å². The number of likely N-dealkylation sites (tertiary alicyclic amines) is 1. The van der Waals surface area contributed by atoms with Crippen LogP contribution in [-0.2, 0) is 6.54 Å². The van der Waals surface area contributed by atoms with E-state index in [-0.39, 0.29) is 11.9 Å². The number of ether oxygens (including phenoxy) is 2. The average molecular weight is 424 g/mol. The van der Waals surface area contributed by atoms with E-state index in [1.54, 1.807) is 19.6 Å². The van der Waals surface area contributed by atoms with Crippen LogP contribution in [0.4, 0.5) is 0 Å². The molecule has 0 unspecified atom stereocenters. The lowest BCUT2D eigenvalue weighted by atomic mass is 10.2. The summed E-state index contributed by atoms with van der Waals surface area (Å²) >= 11 is 1.45. The normalized spacial score (nSPS) is 16.4. The van der Waals surface area contributed by atoms with E-state index in [9.17, 15) is 4.79 Å². The molecule has 2 heterocycles. The van der Waals surface area contributed by atoms with Gasteiger partial charge in [-0.15, -0.1) is 11.3 Å². The Morgan fingerprint density at radius 3 is 2.73 bits per heavy atom. The maximum Gasteiger partial charge on any atom is 0.271 e. The van der Waals surface area contributed by atoms with Gasteiger partial charge in [-0.25, -0.2) is 4.98 Å². The standard InChI is InChI=1S/C23H25N3O3S/c1-28-20-9-8-17(12-21(20)29-2)23-25-19(15-30-23)22(27)24-18-10-11-26(14-18)13-16-6-4-3-5-7-16/h3-9,12,15,18H,10-11,13-14H2,1-2H3,(H,24,27)/t18-/m0/s1. The highest BCUT2D eigenvalue weighted by Gasteiger charge is 2.25. The molecular formula is C23H25N3O3S. The molecule has 0 aliphatic carbocycles. The molecule has 1 atom stereocenters. The Hall–Kier alpha value is -2.90. The quantitative estimate of drug-likeness (QED) is 0.626. The smallest absolute Gasteiger partial charge is 0.271 e. The van der Waals surface area contributed by atoms with Gasteiger partial charge < -0.3 is 14.8 Å². The van der Waals surface area contributed by atoms with Crippen LogP contribution in [0.2, 0.25) is 0 Å². The molecule has 156 valence electrons. The molecular weight excluding hydrogens is 398 g/mol. The first-order valence-corrected chi connectivity index (χ1v) is 10.8. The first kappa shape index (κ1) is 20.4. The van der Waals surface area contributed by atoms with Crippen LogP contribution in [0.15, 0.2) is 53.9 Å². The zero-order valence-electron chi connectivity index (χ0n) is 17.1. The molecule has 6 nitrogen and oxygen atoms in total. The van der Waals surface area contributed by atoms with Gasteiger partial charge in [-0.1, -0.05) is 30.3 Å². The highest BCUT2D eigenvalue weighted by atomic mass is 32.1. The summed E-state index contributed by atoms with van der Waals surface area (Å²) in [4.78, 5) is 19.6. The molecule has 1 aliphatic heterocycles. The molecule has 1 N–H and O–H groups in total. The fourth-order valence-corrected chi connectivity index (χ4v) is 4.47. The molecule has 4 rings (SSSR count). The van der Waals surface area contributed by atoms with E-state index in [0.29, 0.717) is 17.2 Å². The number of aromatic nitrogens is 1. The number of hydrogen-bond donors (Lipinski definition) is 1. The number of nitrogens with zero attached hydrogens (tertiary/aromatic N) is 2. The number of amides is 1. The Morgan fingerprint density at radius 1 is 1.17 bits per heavy atom. The van der Waals surface area contributed by atoms with E-state index in [0.717, 1.165) is 36.6 Å². The Balaban J connectivity index is 1.37. The minimum atomic E-state index is -0.121. The SMILES string of the molecule is COc1ccc(-c2nc(C(=O)N[C@H]3CCN(Cc4ccccc4)C3)cs2)cc1OC. The number of thiazole rings is 1. The molecule has 3 aromatic rings. The number of nitrogens with one attached hydrogen (secondary N) is 1. The fourth-order valence-electron chi connectivity index (χ4n) is 3.67. The average Bonchev–Trinajstić information content (AvgIpc) is 3.44. The third kappa shape index (κ3) is 4.63. The van der Waals surface area contributed by atoms with Crippen molar-refractivity contribution in [1.82, 2.24) is 15.2 Å². The number of carbonyl (C=O) groups is 1. The molecule has 0 radical (unpaired) electrons. The van der Waals surface area contributed by atoms with Crippen LogP contribution in [0.5, 0.6) is 11.5 Å². The molecule has 30 heavy (non-hydrogen) atoms.